The van der Waals surface area contributed by atoms with Crippen molar-refractivity contribution in [2.45, 2.75) is 46.2 Å². The minimum atomic E-state index is 0.245. The number of aromatic nitrogens is 3. The van der Waals surface area contributed by atoms with Crippen LogP contribution in [0.25, 0.3) is 0 Å². The number of halogens is 1. The molecule has 21 heavy (non-hydrogen) atoms. The van der Waals surface area contributed by atoms with E-state index >= 15 is 0 Å². The predicted molar refractivity (Wildman–Crippen MR) is 89.4 cm³/mol. The monoisotopic (exact) mass is 350 g/mol. The van der Waals surface area contributed by atoms with Gasteiger partial charge in [0.05, 0.1) is 0 Å². The molecule has 5 heteroatoms. The van der Waals surface area contributed by atoms with Crippen LogP contribution < -0.4 is 5.32 Å². The van der Waals surface area contributed by atoms with E-state index in [4.69, 9.17) is 0 Å². The molecule has 0 fully saturated rings. The van der Waals surface area contributed by atoms with E-state index in [0.29, 0.717) is 6.04 Å². The van der Waals surface area contributed by atoms with Gasteiger partial charge >= 0.3 is 0 Å². The lowest BCUT2D eigenvalue weighted by Crippen LogP contribution is -2.25. The van der Waals surface area contributed by atoms with Crippen LogP contribution in [0.1, 0.15) is 49.8 Å². The number of nitrogens with zero attached hydrogens (tertiary/aromatic N) is 3. The van der Waals surface area contributed by atoms with Crippen molar-refractivity contribution in [1.29, 1.82) is 0 Å². The van der Waals surface area contributed by atoms with Gasteiger partial charge in [-0.2, -0.15) is 5.10 Å². The first kappa shape index (κ1) is 16.2. The highest BCUT2D eigenvalue weighted by Gasteiger charge is 2.18. The van der Waals surface area contributed by atoms with Gasteiger partial charge in [-0.25, -0.2) is 9.67 Å². The summed E-state index contributed by atoms with van der Waals surface area (Å²) in [5, 5.41) is 7.90. The molecule has 0 bridgehead atoms. The molecule has 2 aromatic rings. The second kappa shape index (κ2) is 7.18. The number of likely N-dealkylation sites (N-methyl/N-ethyl adjacent to an activating group) is 1. The maximum absolute atomic E-state index is 4.44. The first-order chi connectivity index (χ1) is 10.0. The van der Waals surface area contributed by atoms with Crippen LogP contribution >= 0.6 is 15.9 Å². The molecule has 2 rings (SSSR count). The molecule has 0 amide bonds. The quantitative estimate of drug-likeness (QED) is 0.860. The summed E-state index contributed by atoms with van der Waals surface area (Å²) in [4.78, 5) is 4.44. The Labute approximate surface area is 135 Å². The molecular formula is C16H23BrN4. The van der Waals surface area contributed by atoms with Gasteiger partial charge in [0, 0.05) is 23.0 Å². The summed E-state index contributed by atoms with van der Waals surface area (Å²) in [5.41, 5.74) is 2.59. The lowest BCUT2D eigenvalue weighted by molar-refractivity contribution is 0.468. The highest BCUT2D eigenvalue weighted by molar-refractivity contribution is 9.10. The highest BCUT2D eigenvalue weighted by Crippen LogP contribution is 2.27. The molecule has 0 saturated heterocycles. The first-order valence-corrected chi connectivity index (χ1v) is 8.20. The molecule has 1 aromatic heterocycles. The van der Waals surface area contributed by atoms with E-state index in [9.17, 15) is 0 Å². The third kappa shape index (κ3) is 3.71. The average Bonchev–Trinajstić information content (AvgIpc) is 2.90. The zero-order valence-corrected chi connectivity index (χ0v) is 14.7. The molecule has 0 aliphatic rings. The van der Waals surface area contributed by atoms with Crippen LogP contribution in [0, 0.1) is 6.92 Å². The second-order valence-corrected chi connectivity index (χ2v) is 6.34. The van der Waals surface area contributed by atoms with Crippen molar-refractivity contribution in [2.75, 3.05) is 6.54 Å². The van der Waals surface area contributed by atoms with Crippen molar-refractivity contribution >= 4 is 15.9 Å². The second-order valence-electron chi connectivity index (χ2n) is 5.48. The molecule has 114 valence electrons. The number of hydrogen-bond donors (Lipinski definition) is 1. The summed E-state index contributed by atoms with van der Waals surface area (Å²) in [6, 6.07) is 6.92. The van der Waals surface area contributed by atoms with Crippen molar-refractivity contribution in [3.63, 3.8) is 0 Å². The van der Waals surface area contributed by atoms with Crippen LogP contribution in [0.5, 0.6) is 0 Å². The van der Waals surface area contributed by atoms with Gasteiger partial charge in [-0.3, -0.25) is 0 Å². The Morgan fingerprint density at radius 3 is 2.76 bits per heavy atom. The smallest absolute Gasteiger partial charge is 0.138 e. The lowest BCUT2D eigenvalue weighted by Gasteiger charge is -2.21. The first-order valence-electron chi connectivity index (χ1n) is 7.41. The van der Waals surface area contributed by atoms with E-state index in [0.717, 1.165) is 23.3 Å². The molecule has 0 aliphatic heterocycles. The predicted octanol–water partition coefficient (Wildman–Crippen LogP) is 3.82. The van der Waals surface area contributed by atoms with Gasteiger partial charge in [0.25, 0.3) is 0 Å². The van der Waals surface area contributed by atoms with E-state index in [1.54, 1.807) is 6.33 Å². The van der Waals surface area contributed by atoms with Crippen LogP contribution in [0.2, 0.25) is 0 Å². The molecular weight excluding hydrogens is 328 g/mol. The highest BCUT2D eigenvalue weighted by atomic mass is 79.9. The molecule has 1 heterocycles. The van der Waals surface area contributed by atoms with Gasteiger partial charge in [-0.1, -0.05) is 35.0 Å². The maximum Gasteiger partial charge on any atom is 0.138 e. The Hall–Kier alpha value is -1.20. The third-order valence-corrected chi connectivity index (χ3v) is 4.52. The Morgan fingerprint density at radius 1 is 1.33 bits per heavy atom. The topological polar surface area (TPSA) is 42.7 Å². The molecule has 0 radical (unpaired) electrons. The molecule has 1 atom stereocenters. The Balaban J connectivity index is 2.31. The fourth-order valence-corrected chi connectivity index (χ4v) is 2.96. The van der Waals surface area contributed by atoms with Gasteiger partial charge in [0.1, 0.15) is 12.2 Å². The zero-order chi connectivity index (χ0) is 15.4. The zero-order valence-electron chi connectivity index (χ0n) is 13.1. The van der Waals surface area contributed by atoms with Gasteiger partial charge < -0.3 is 5.32 Å². The van der Waals surface area contributed by atoms with E-state index in [1.165, 1.54) is 11.1 Å². The molecule has 1 aromatic carbocycles. The van der Waals surface area contributed by atoms with Gasteiger partial charge in [-0.15, -0.1) is 0 Å². The summed E-state index contributed by atoms with van der Waals surface area (Å²) in [5.74, 6) is 1.02. The molecule has 4 nitrogen and oxygen atoms in total. The Bertz CT molecular complexity index is 592. The number of benzene rings is 1. The van der Waals surface area contributed by atoms with Crippen LogP contribution in [0.3, 0.4) is 0 Å². The molecule has 1 unspecified atom stereocenters. The molecule has 0 aliphatic carbocycles. The normalized spacial score (nSPS) is 12.9. The largest absolute Gasteiger partial charge is 0.310 e. The van der Waals surface area contributed by atoms with Crippen molar-refractivity contribution < 1.29 is 0 Å². The van der Waals surface area contributed by atoms with Crippen molar-refractivity contribution in [2.24, 2.45) is 0 Å². The van der Waals surface area contributed by atoms with Crippen LogP contribution in [0.15, 0.2) is 29.0 Å². The van der Waals surface area contributed by atoms with Gasteiger partial charge in [-0.05, 0) is 44.5 Å². The number of rotatable bonds is 6. The Morgan fingerprint density at radius 2 is 2.10 bits per heavy atom. The molecule has 0 spiro atoms. The van der Waals surface area contributed by atoms with Crippen LogP contribution in [0.4, 0.5) is 0 Å². The summed E-state index contributed by atoms with van der Waals surface area (Å²) in [7, 11) is 0. The maximum atomic E-state index is 4.44. The molecule has 1 N–H and O–H groups in total. The van der Waals surface area contributed by atoms with Gasteiger partial charge in [0.2, 0.25) is 0 Å². The van der Waals surface area contributed by atoms with Crippen molar-refractivity contribution in [3.8, 4) is 0 Å². The minimum Gasteiger partial charge on any atom is -0.310 e. The average molecular weight is 351 g/mol. The van der Waals surface area contributed by atoms with E-state index in [1.807, 2.05) is 4.68 Å². The summed E-state index contributed by atoms with van der Waals surface area (Å²) < 4.78 is 3.14. The van der Waals surface area contributed by atoms with Crippen LogP contribution in [-0.4, -0.2) is 21.3 Å². The molecule has 0 saturated carbocycles. The van der Waals surface area contributed by atoms with Crippen molar-refractivity contribution in [1.82, 2.24) is 20.1 Å². The van der Waals surface area contributed by atoms with Crippen molar-refractivity contribution in [3.05, 3.63) is 46.0 Å². The van der Waals surface area contributed by atoms with E-state index in [-0.39, 0.29) is 6.04 Å². The van der Waals surface area contributed by atoms with Crippen LogP contribution in [-0.2, 0) is 6.42 Å². The standard InChI is InChI=1S/C16H23BrN4/c1-5-18-15(13-7-6-8-14(17)12(13)4)9-16-19-10-20-21(16)11(2)3/h6-8,10-11,15,18H,5,9H2,1-4H3. The fourth-order valence-electron chi connectivity index (χ4n) is 2.57. The third-order valence-electron chi connectivity index (χ3n) is 3.66. The summed E-state index contributed by atoms with van der Waals surface area (Å²) in [6.45, 7) is 9.46. The lowest BCUT2D eigenvalue weighted by atomic mass is 9.98. The van der Waals surface area contributed by atoms with E-state index < -0.39 is 0 Å². The van der Waals surface area contributed by atoms with Gasteiger partial charge in [0.15, 0.2) is 0 Å². The SMILES string of the molecule is CCNC(Cc1ncnn1C(C)C)c1cccc(Br)c1C. The van der Waals surface area contributed by atoms with E-state index in [2.05, 4.69) is 77.2 Å². The number of nitrogens with one attached hydrogen (secondary N) is 1. The minimum absolute atomic E-state index is 0.245. The summed E-state index contributed by atoms with van der Waals surface area (Å²) in [6.07, 6.45) is 2.48. The number of hydrogen-bond acceptors (Lipinski definition) is 3. The Kier molecular flexibility index (Phi) is 5.53. The fraction of sp³-hybridized carbons (Fsp3) is 0.500. The summed E-state index contributed by atoms with van der Waals surface area (Å²) >= 11 is 3.62.